The summed E-state index contributed by atoms with van der Waals surface area (Å²) in [5.74, 6) is 0.678. The second-order valence-corrected chi connectivity index (χ2v) is 5.75. The number of halogens is 2. The van der Waals surface area contributed by atoms with E-state index < -0.39 is 5.54 Å². The predicted molar refractivity (Wildman–Crippen MR) is 83.2 cm³/mol. The Morgan fingerprint density at radius 1 is 1.10 bits per heavy atom. The number of benzene rings is 2. The minimum absolute atomic E-state index is 0.482. The number of nitrogens with one attached hydrogen (secondary N) is 1. The third-order valence-corrected chi connectivity index (χ3v) is 4.11. The van der Waals surface area contributed by atoms with Crippen molar-refractivity contribution in [3.05, 3.63) is 63.9 Å². The summed E-state index contributed by atoms with van der Waals surface area (Å²) in [5, 5.41) is 0.975. The van der Waals surface area contributed by atoms with E-state index in [1.807, 2.05) is 37.3 Å². The number of fused-ring (bicyclic) bond motifs is 1. The molecule has 20 heavy (non-hydrogen) atoms. The molecule has 0 fully saturated rings. The van der Waals surface area contributed by atoms with Crippen LogP contribution in [0.3, 0.4) is 0 Å². The average molecular weight is 306 g/mol. The maximum atomic E-state index is 6.44. The van der Waals surface area contributed by atoms with Crippen molar-refractivity contribution in [3.63, 3.8) is 0 Å². The molecule has 0 amide bonds. The zero-order chi connectivity index (χ0) is 14.3. The average Bonchev–Trinajstić information content (AvgIpc) is 2.84. The number of imidazole rings is 1. The molecule has 0 aliphatic heterocycles. The molecular formula is C15H13Cl2N3. The standard InChI is InChI=1S/C15H13Cl2N3/c1-15(18,9-5-3-2-4-6-9)14-19-12-7-10(16)11(17)8-13(12)20-14/h2-8H,18H2,1H3,(H,19,20). The van der Waals surface area contributed by atoms with E-state index in [0.29, 0.717) is 15.9 Å². The minimum Gasteiger partial charge on any atom is -0.340 e. The quantitative estimate of drug-likeness (QED) is 0.749. The van der Waals surface area contributed by atoms with Gasteiger partial charge in [-0.1, -0.05) is 53.5 Å². The van der Waals surface area contributed by atoms with Gasteiger partial charge in [-0.05, 0) is 24.6 Å². The van der Waals surface area contributed by atoms with Crippen LogP contribution in [-0.2, 0) is 5.54 Å². The number of rotatable bonds is 2. The van der Waals surface area contributed by atoms with Gasteiger partial charge >= 0.3 is 0 Å². The molecule has 2 aromatic carbocycles. The first-order valence-electron chi connectivity index (χ1n) is 6.18. The van der Waals surface area contributed by atoms with Crippen LogP contribution in [0.15, 0.2) is 42.5 Å². The van der Waals surface area contributed by atoms with Crippen molar-refractivity contribution >= 4 is 34.2 Å². The summed E-state index contributed by atoms with van der Waals surface area (Å²) in [6, 6.07) is 13.3. The van der Waals surface area contributed by atoms with Crippen molar-refractivity contribution in [1.82, 2.24) is 9.97 Å². The van der Waals surface area contributed by atoms with Crippen molar-refractivity contribution in [3.8, 4) is 0 Å². The second-order valence-electron chi connectivity index (χ2n) is 4.94. The van der Waals surface area contributed by atoms with Crippen LogP contribution in [-0.4, -0.2) is 9.97 Å². The summed E-state index contributed by atoms with van der Waals surface area (Å²) in [6.07, 6.45) is 0. The van der Waals surface area contributed by atoms with Crippen LogP contribution < -0.4 is 5.73 Å². The number of nitrogens with zero attached hydrogens (tertiary/aromatic N) is 1. The van der Waals surface area contributed by atoms with Gasteiger partial charge in [-0.15, -0.1) is 0 Å². The summed E-state index contributed by atoms with van der Waals surface area (Å²) in [4.78, 5) is 7.76. The summed E-state index contributed by atoms with van der Waals surface area (Å²) in [7, 11) is 0. The van der Waals surface area contributed by atoms with Crippen LogP contribution >= 0.6 is 23.2 Å². The van der Waals surface area contributed by atoms with Crippen LogP contribution in [0.4, 0.5) is 0 Å². The van der Waals surface area contributed by atoms with Gasteiger partial charge in [0.15, 0.2) is 0 Å². The smallest absolute Gasteiger partial charge is 0.131 e. The lowest BCUT2D eigenvalue weighted by atomic mass is 9.92. The second kappa shape index (κ2) is 4.77. The number of hydrogen-bond acceptors (Lipinski definition) is 2. The number of aromatic amines is 1. The maximum Gasteiger partial charge on any atom is 0.131 e. The lowest BCUT2D eigenvalue weighted by molar-refractivity contribution is 0.567. The molecule has 5 heteroatoms. The van der Waals surface area contributed by atoms with E-state index in [4.69, 9.17) is 28.9 Å². The molecule has 0 radical (unpaired) electrons. The van der Waals surface area contributed by atoms with Crippen molar-refractivity contribution in [2.45, 2.75) is 12.5 Å². The highest BCUT2D eigenvalue weighted by Crippen LogP contribution is 2.30. The normalized spacial score (nSPS) is 14.4. The zero-order valence-electron chi connectivity index (χ0n) is 10.8. The Labute approximate surface area is 126 Å². The summed E-state index contributed by atoms with van der Waals surface area (Å²) < 4.78 is 0. The van der Waals surface area contributed by atoms with E-state index in [1.54, 1.807) is 12.1 Å². The molecule has 0 spiro atoms. The van der Waals surface area contributed by atoms with Gasteiger partial charge < -0.3 is 10.7 Å². The molecule has 0 saturated heterocycles. The molecule has 0 saturated carbocycles. The summed E-state index contributed by atoms with van der Waals surface area (Å²) in [5.41, 5.74) is 8.29. The van der Waals surface area contributed by atoms with Gasteiger partial charge in [0.2, 0.25) is 0 Å². The van der Waals surface area contributed by atoms with E-state index in [2.05, 4.69) is 9.97 Å². The zero-order valence-corrected chi connectivity index (χ0v) is 12.3. The Morgan fingerprint density at radius 2 is 1.75 bits per heavy atom. The molecule has 0 aliphatic rings. The third kappa shape index (κ3) is 2.18. The Morgan fingerprint density at radius 3 is 2.45 bits per heavy atom. The first-order valence-corrected chi connectivity index (χ1v) is 6.94. The molecule has 3 rings (SSSR count). The van der Waals surface area contributed by atoms with Crippen LogP contribution in [0, 0.1) is 0 Å². The molecule has 102 valence electrons. The fraction of sp³-hybridized carbons (Fsp3) is 0.133. The Balaban J connectivity index is 2.15. The van der Waals surface area contributed by atoms with Gasteiger partial charge in [0.1, 0.15) is 5.82 Å². The van der Waals surface area contributed by atoms with Gasteiger partial charge in [0, 0.05) is 0 Å². The largest absolute Gasteiger partial charge is 0.340 e. The number of H-pyrrole nitrogens is 1. The molecule has 0 bridgehead atoms. The number of aromatic nitrogens is 2. The van der Waals surface area contributed by atoms with Crippen molar-refractivity contribution < 1.29 is 0 Å². The molecule has 3 nitrogen and oxygen atoms in total. The topological polar surface area (TPSA) is 54.7 Å². The van der Waals surface area contributed by atoms with Crippen LogP contribution in [0.5, 0.6) is 0 Å². The van der Waals surface area contributed by atoms with Crippen molar-refractivity contribution in [2.24, 2.45) is 5.73 Å². The molecular weight excluding hydrogens is 293 g/mol. The molecule has 3 N–H and O–H groups in total. The molecule has 0 aliphatic carbocycles. The van der Waals surface area contributed by atoms with Crippen LogP contribution in [0.25, 0.3) is 11.0 Å². The molecule has 3 aromatic rings. The van der Waals surface area contributed by atoms with E-state index in [0.717, 1.165) is 16.6 Å². The van der Waals surface area contributed by atoms with E-state index in [-0.39, 0.29) is 0 Å². The predicted octanol–water partition coefficient (Wildman–Crippen LogP) is 4.09. The lowest BCUT2D eigenvalue weighted by Crippen LogP contribution is -2.35. The van der Waals surface area contributed by atoms with Gasteiger partial charge in [0.05, 0.1) is 26.6 Å². The lowest BCUT2D eigenvalue weighted by Gasteiger charge is -2.22. The van der Waals surface area contributed by atoms with Gasteiger partial charge in [-0.3, -0.25) is 0 Å². The molecule has 1 aromatic heterocycles. The summed E-state index contributed by atoms with van der Waals surface area (Å²) in [6.45, 7) is 1.92. The fourth-order valence-corrected chi connectivity index (χ4v) is 2.49. The first-order chi connectivity index (χ1) is 9.48. The Bertz CT molecular complexity index is 724. The van der Waals surface area contributed by atoms with Gasteiger partial charge in [0.25, 0.3) is 0 Å². The monoisotopic (exact) mass is 305 g/mol. The van der Waals surface area contributed by atoms with E-state index in [1.165, 1.54) is 0 Å². The summed E-state index contributed by atoms with van der Waals surface area (Å²) >= 11 is 12.0. The number of hydrogen-bond donors (Lipinski definition) is 2. The minimum atomic E-state index is -0.709. The first kappa shape index (κ1) is 13.4. The Hall–Kier alpha value is -1.55. The Kier molecular flexibility index (Phi) is 3.21. The van der Waals surface area contributed by atoms with E-state index in [9.17, 15) is 0 Å². The third-order valence-electron chi connectivity index (χ3n) is 3.39. The highest BCUT2D eigenvalue weighted by Gasteiger charge is 2.27. The fourth-order valence-electron chi connectivity index (χ4n) is 2.17. The van der Waals surface area contributed by atoms with E-state index >= 15 is 0 Å². The molecule has 1 atom stereocenters. The van der Waals surface area contributed by atoms with Crippen molar-refractivity contribution in [1.29, 1.82) is 0 Å². The van der Waals surface area contributed by atoms with Gasteiger partial charge in [-0.25, -0.2) is 4.98 Å². The van der Waals surface area contributed by atoms with Crippen molar-refractivity contribution in [2.75, 3.05) is 0 Å². The maximum absolute atomic E-state index is 6.44. The number of nitrogens with two attached hydrogens (primary N) is 1. The highest BCUT2D eigenvalue weighted by molar-refractivity contribution is 6.42. The van der Waals surface area contributed by atoms with Gasteiger partial charge in [-0.2, -0.15) is 0 Å². The van der Waals surface area contributed by atoms with Crippen LogP contribution in [0.1, 0.15) is 18.3 Å². The highest BCUT2D eigenvalue weighted by atomic mass is 35.5. The molecule has 1 unspecified atom stereocenters. The SMILES string of the molecule is CC(N)(c1ccccc1)c1nc2cc(Cl)c(Cl)cc2[nH]1. The molecule has 1 heterocycles. The van der Waals surface area contributed by atoms with Crippen LogP contribution in [0.2, 0.25) is 10.0 Å².